The number of nitrogens with one attached hydrogen (secondary N) is 1. The minimum Gasteiger partial charge on any atom is -0.311 e. The van der Waals surface area contributed by atoms with Crippen molar-refractivity contribution in [3.05, 3.63) is 40.6 Å². The van der Waals surface area contributed by atoms with Crippen molar-refractivity contribution in [3.8, 4) is 0 Å². The summed E-state index contributed by atoms with van der Waals surface area (Å²) in [7, 11) is 0. The number of aromatic amines is 1. The Morgan fingerprint density at radius 1 is 1.40 bits per heavy atom. The van der Waals surface area contributed by atoms with Gasteiger partial charge in [-0.05, 0) is 19.1 Å². The van der Waals surface area contributed by atoms with Gasteiger partial charge in [0, 0.05) is 5.69 Å². The number of hydrogen-bond donors (Lipinski definition) is 1. The van der Waals surface area contributed by atoms with Gasteiger partial charge in [0.1, 0.15) is 5.65 Å². The summed E-state index contributed by atoms with van der Waals surface area (Å²) in [6.07, 6.45) is 1.39. The topological polar surface area (TPSA) is 63.0 Å². The van der Waals surface area contributed by atoms with E-state index in [0.717, 1.165) is 11.3 Å². The molecule has 0 bridgehead atoms. The number of pyridine rings is 1. The minimum atomic E-state index is -0.205. The van der Waals surface area contributed by atoms with Crippen LogP contribution in [0.1, 0.15) is 5.69 Å². The van der Waals surface area contributed by atoms with Crippen molar-refractivity contribution >= 4 is 16.8 Å². The molecule has 1 N–H and O–H groups in total. The number of nitrogens with zero attached hydrogens (tertiary/aromatic N) is 3. The van der Waals surface area contributed by atoms with Crippen LogP contribution in [-0.2, 0) is 0 Å². The van der Waals surface area contributed by atoms with E-state index in [2.05, 4.69) is 15.0 Å². The van der Waals surface area contributed by atoms with Crippen molar-refractivity contribution in [2.75, 3.05) is 0 Å². The van der Waals surface area contributed by atoms with Gasteiger partial charge < -0.3 is 4.98 Å². The fraction of sp³-hybridized carbons (Fsp3) is 0.100. The smallest absolute Gasteiger partial charge is 0.278 e. The Balaban J connectivity index is 2.71. The van der Waals surface area contributed by atoms with Gasteiger partial charge in [0.25, 0.3) is 5.56 Å². The fourth-order valence-corrected chi connectivity index (χ4v) is 1.73. The molecule has 5 heteroatoms. The molecule has 0 aliphatic heterocycles. The van der Waals surface area contributed by atoms with Crippen LogP contribution in [0.3, 0.4) is 0 Å². The van der Waals surface area contributed by atoms with Crippen LogP contribution in [0.5, 0.6) is 0 Å². The maximum atomic E-state index is 11.5. The van der Waals surface area contributed by atoms with Gasteiger partial charge in [-0.15, -0.1) is 0 Å². The molecule has 3 rings (SSSR count). The Labute approximate surface area is 84.4 Å². The summed E-state index contributed by atoms with van der Waals surface area (Å²) in [6, 6.07) is 5.72. The largest absolute Gasteiger partial charge is 0.311 e. The highest BCUT2D eigenvalue weighted by molar-refractivity contribution is 5.75. The van der Waals surface area contributed by atoms with Crippen LogP contribution < -0.4 is 5.56 Å². The summed E-state index contributed by atoms with van der Waals surface area (Å²) in [6.45, 7) is 1.96. The number of aryl methyl sites for hydroxylation is 1. The van der Waals surface area contributed by atoms with Gasteiger partial charge in [0.05, 0.1) is 6.33 Å². The second-order valence-corrected chi connectivity index (χ2v) is 3.38. The fourth-order valence-electron chi connectivity index (χ4n) is 1.73. The Morgan fingerprint density at radius 3 is 3.13 bits per heavy atom. The zero-order valence-corrected chi connectivity index (χ0v) is 8.06. The predicted molar refractivity (Wildman–Crippen MR) is 55.9 cm³/mol. The van der Waals surface area contributed by atoms with Crippen molar-refractivity contribution in [2.24, 2.45) is 0 Å². The molecule has 0 amide bonds. The number of hydrogen-bond acceptors (Lipinski definition) is 3. The van der Waals surface area contributed by atoms with E-state index in [9.17, 15) is 4.79 Å². The Kier molecular flexibility index (Phi) is 1.45. The third kappa shape index (κ3) is 0.999. The number of fused-ring (bicyclic) bond motifs is 3. The van der Waals surface area contributed by atoms with Gasteiger partial charge in [-0.2, -0.15) is 0 Å². The lowest BCUT2D eigenvalue weighted by molar-refractivity contribution is 1.08. The van der Waals surface area contributed by atoms with Crippen molar-refractivity contribution < 1.29 is 0 Å². The van der Waals surface area contributed by atoms with Crippen LogP contribution >= 0.6 is 0 Å². The van der Waals surface area contributed by atoms with E-state index in [1.807, 2.05) is 29.5 Å². The highest BCUT2D eigenvalue weighted by atomic mass is 16.1. The summed E-state index contributed by atoms with van der Waals surface area (Å²) in [5.74, 6) is 0. The second kappa shape index (κ2) is 2.66. The molecule has 74 valence electrons. The molecule has 0 atom stereocenters. The molecule has 15 heavy (non-hydrogen) atoms. The zero-order valence-electron chi connectivity index (χ0n) is 8.06. The highest BCUT2D eigenvalue weighted by Crippen LogP contribution is 2.12. The lowest BCUT2D eigenvalue weighted by atomic mass is 10.4. The summed E-state index contributed by atoms with van der Waals surface area (Å²) in [4.78, 5) is 22.4. The normalized spacial score (nSPS) is 11.3. The van der Waals surface area contributed by atoms with E-state index >= 15 is 0 Å². The summed E-state index contributed by atoms with van der Waals surface area (Å²) in [5, 5.41) is 0. The maximum Gasteiger partial charge on any atom is 0.278 e. The molecule has 0 fully saturated rings. The average Bonchev–Trinajstić information content (AvgIpc) is 2.59. The molecule has 0 aromatic carbocycles. The lowest BCUT2D eigenvalue weighted by Gasteiger charge is -1.98. The maximum absolute atomic E-state index is 11.5. The SMILES string of the molecule is Cc1cccc2nc3c(=O)[nH]cnc3n12. The molecule has 0 spiro atoms. The van der Waals surface area contributed by atoms with Crippen molar-refractivity contribution in [2.45, 2.75) is 6.92 Å². The van der Waals surface area contributed by atoms with Crippen molar-refractivity contribution in [1.29, 1.82) is 0 Å². The first-order chi connectivity index (χ1) is 7.27. The molecule has 0 saturated heterocycles. The molecule has 0 radical (unpaired) electrons. The third-order valence-electron chi connectivity index (χ3n) is 2.41. The Morgan fingerprint density at radius 2 is 2.27 bits per heavy atom. The molecular weight excluding hydrogens is 192 g/mol. The van der Waals surface area contributed by atoms with Gasteiger partial charge in [-0.1, -0.05) is 6.07 Å². The first kappa shape index (κ1) is 8.16. The molecule has 3 aromatic rings. The number of aromatic nitrogens is 4. The molecule has 3 aromatic heterocycles. The van der Waals surface area contributed by atoms with Gasteiger partial charge >= 0.3 is 0 Å². The van der Waals surface area contributed by atoms with E-state index in [4.69, 9.17) is 0 Å². The van der Waals surface area contributed by atoms with Gasteiger partial charge in [-0.25, -0.2) is 9.97 Å². The van der Waals surface area contributed by atoms with Crippen LogP contribution in [-0.4, -0.2) is 19.4 Å². The predicted octanol–water partition coefficient (Wildman–Crippen LogP) is 0.879. The lowest BCUT2D eigenvalue weighted by Crippen LogP contribution is -2.06. The molecule has 0 unspecified atom stereocenters. The Hall–Kier alpha value is -2.17. The quantitative estimate of drug-likeness (QED) is 0.586. The number of rotatable bonds is 0. The first-order valence-electron chi connectivity index (χ1n) is 4.59. The van der Waals surface area contributed by atoms with Crippen LogP contribution in [0, 0.1) is 6.92 Å². The third-order valence-corrected chi connectivity index (χ3v) is 2.41. The summed E-state index contributed by atoms with van der Waals surface area (Å²) < 4.78 is 1.87. The Bertz CT molecular complexity index is 710. The van der Waals surface area contributed by atoms with Crippen molar-refractivity contribution in [3.63, 3.8) is 0 Å². The standard InChI is InChI=1S/C10H8N4O/c1-6-3-2-4-7-13-8-9(14(6)7)11-5-12-10(8)15/h2-5H,1H3,(H,11,12,15). The van der Waals surface area contributed by atoms with Crippen LogP contribution in [0.2, 0.25) is 0 Å². The van der Waals surface area contributed by atoms with E-state index in [1.54, 1.807) is 0 Å². The van der Waals surface area contributed by atoms with E-state index in [-0.39, 0.29) is 5.56 Å². The molecule has 0 saturated carbocycles. The van der Waals surface area contributed by atoms with Gasteiger partial charge in [0.15, 0.2) is 11.2 Å². The van der Waals surface area contributed by atoms with Crippen LogP contribution in [0.25, 0.3) is 16.8 Å². The molecular formula is C10H8N4O. The summed E-state index contributed by atoms with van der Waals surface area (Å²) in [5.41, 5.74) is 2.53. The summed E-state index contributed by atoms with van der Waals surface area (Å²) >= 11 is 0. The number of H-pyrrole nitrogens is 1. The van der Waals surface area contributed by atoms with E-state index in [0.29, 0.717) is 11.2 Å². The van der Waals surface area contributed by atoms with Crippen LogP contribution in [0.15, 0.2) is 29.3 Å². The molecule has 3 heterocycles. The molecule has 0 aliphatic carbocycles. The average molecular weight is 200 g/mol. The monoisotopic (exact) mass is 200 g/mol. The van der Waals surface area contributed by atoms with Gasteiger partial charge in [-0.3, -0.25) is 9.20 Å². The highest BCUT2D eigenvalue weighted by Gasteiger charge is 2.08. The molecule has 5 nitrogen and oxygen atoms in total. The van der Waals surface area contributed by atoms with E-state index < -0.39 is 0 Å². The number of imidazole rings is 1. The molecule has 0 aliphatic rings. The first-order valence-corrected chi connectivity index (χ1v) is 4.59. The minimum absolute atomic E-state index is 0.205. The van der Waals surface area contributed by atoms with Crippen LogP contribution in [0.4, 0.5) is 0 Å². The van der Waals surface area contributed by atoms with Crippen molar-refractivity contribution in [1.82, 2.24) is 19.4 Å². The van der Waals surface area contributed by atoms with Gasteiger partial charge in [0.2, 0.25) is 0 Å². The zero-order chi connectivity index (χ0) is 10.4. The second-order valence-electron chi connectivity index (χ2n) is 3.38. The van der Waals surface area contributed by atoms with E-state index in [1.165, 1.54) is 6.33 Å².